The first-order valence-corrected chi connectivity index (χ1v) is 6.99. The van der Waals surface area contributed by atoms with Crippen molar-refractivity contribution in [2.75, 3.05) is 6.61 Å². The van der Waals surface area contributed by atoms with Gasteiger partial charge in [0, 0.05) is 12.5 Å². The zero-order valence-electron chi connectivity index (χ0n) is 10.7. The van der Waals surface area contributed by atoms with Crippen LogP contribution in [0.2, 0.25) is 0 Å². The van der Waals surface area contributed by atoms with Crippen molar-refractivity contribution in [2.45, 2.75) is 12.8 Å². The lowest BCUT2D eigenvalue weighted by Crippen LogP contribution is -2.04. The van der Waals surface area contributed by atoms with Crippen molar-refractivity contribution in [1.82, 2.24) is 0 Å². The first-order chi connectivity index (χ1) is 9.68. The van der Waals surface area contributed by atoms with E-state index < -0.39 is 4.92 Å². The number of ether oxygens (including phenoxy) is 1. The minimum atomic E-state index is -0.480. The molecule has 0 amide bonds. The monoisotopic (exact) mass is 291 g/mol. The lowest BCUT2D eigenvalue weighted by molar-refractivity contribution is -0.385. The van der Waals surface area contributed by atoms with Crippen LogP contribution in [0.5, 0.6) is 5.75 Å². The largest absolute Gasteiger partial charge is 0.487 e. The van der Waals surface area contributed by atoms with Crippen LogP contribution in [0.15, 0.2) is 41.8 Å². The van der Waals surface area contributed by atoms with Gasteiger partial charge in [-0.25, -0.2) is 0 Å². The number of nitro benzene ring substituents is 1. The fraction of sp³-hybridized carbons (Fsp3) is 0.214. The molecule has 0 spiro atoms. The number of ketones is 1. The normalized spacial score (nSPS) is 10.2. The number of nitro groups is 1. The zero-order chi connectivity index (χ0) is 14.4. The number of para-hydroxylation sites is 2. The van der Waals surface area contributed by atoms with Crippen molar-refractivity contribution >= 4 is 22.8 Å². The third-order valence-corrected chi connectivity index (χ3v) is 3.57. The molecule has 0 aliphatic heterocycles. The maximum absolute atomic E-state index is 11.7. The van der Waals surface area contributed by atoms with Gasteiger partial charge in [-0.1, -0.05) is 18.2 Å². The van der Waals surface area contributed by atoms with Crippen molar-refractivity contribution in [2.24, 2.45) is 0 Å². The Bertz CT molecular complexity index is 595. The molecule has 0 saturated heterocycles. The van der Waals surface area contributed by atoms with E-state index in [1.165, 1.54) is 17.4 Å². The van der Waals surface area contributed by atoms with Crippen LogP contribution >= 0.6 is 11.3 Å². The van der Waals surface area contributed by atoms with Gasteiger partial charge in [0.05, 0.1) is 16.4 Å². The topological polar surface area (TPSA) is 69.4 Å². The number of benzene rings is 1. The van der Waals surface area contributed by atoms with E-state index in [9.17, 15) is 14.9 Å². The molecule has 1 aromatic carbocycles. The predicted molar refractivity (Wildman–Crippen MR) is 76.5 cm³/mol. The highest BCUT2D eigenvalue weighted by molar-refractivity contribution is 7.12. The van der Waals surface area contributed by atoms with Crippen LogP contribution in [0.1, 0.15) is 22.5 Å². The summed E-state index contributed by atoms with van der Waals surface area (Å²) in [6, 6.07) is 9.84. The highest BCUT2D eigenvalue weighted by Crippen LogP contribution is 2.26. The fourth-order valence-electron chi connectivity index (χ4n) is 1.71. The molecule has 5 nitrogen and oxygen atoms in total. The Labute approximate surface area is 120 Å². The van der Waals surface area contributed by atoms with Gasteiger partial charge in [0.1, 0.15) is 0 Å². The predicted octanol–water partition coefficient (Wildman–Crippen LogP) is 3.70. The molecular weight excluding hydrogens is 278 g/mol. The summed E-state index contributed by atoms with van der Waals surface area (Å²) >= 11 is 1.41. The Morgan fingerprint density at radius 3 is 2.75 bits per heavy atom. The average molecular weight is 291 g/mol. The molecule has 0 saturated carbocycles. The van der Waals surface area contributed by atoms with Crippen LogP contribution < -0.4 is 4.74 Å². The van der Waals surface area contributed by atoms with Crippen LogP contribution in [-0.2, 0) is 0 Å². The van der Waals surface area contributed by atoms with Gasteiger partial charge in [0.15, 0.2) is 11.5 Å². The van der Waals surface area contributed by atoms with E-state index in [1.54, 1.807) is 24.3 Å². The van der Waals surface area contributed by atoms with Crippen LogP contribution in [0.3, 0.4) is 0 Å². The highest BCUT2D eigenvalue weighted by Gasteiger charge is 2.13. The van der Waals surface area contributed by atoms with Gasteiger partial charge in [0.2, 0.25) is 0 Å². The summed E-state index contributed by atoms with van der Waals surface area (Å²) in [5.74, 6) is 0.312. The summed E-state index contributed by atoms with van der Waals surface area (Å²) in [4.78, 5) is 22.8. The Hall–Kier alpha value is -2.21. The van der Waals surface area contributed by atoms with Crippen LogP contribution in [0, 0.1) is 10.1 Å². The van der Waals surface area contributed by atoms with Crippen molar-refractivity contribution in [3.63, 3.8) is 0 Å². The van der Waals surface area contributed by atoms with Gasteiger partial charge < -0.3 is 4.74 Å². The van der Waals surface area contributed by atoms with Gasteiger partial charge in [-0.2, -0.15) is 0 Å². The molecule has 1 heterocycles. The Kier molecular flexibility index (Phi) is 4.84. The summed E-state index contributed by atoms with van der Waals surface area (Å²) in [5.41, 5.74) is -0.0583. The quantitative estimate of drug-likeness (QED) is 0.337. The maximum atomic E-state index is 11.7. The second-order valence-electron chi connectivity index (χ2n) is 4.08. The molecule has 20 heavy (non-hydrogen) atoms. The number of Topliss-reactive ketones (excluding diaryl/α,β-unsaturated/α-hetero) is 1. The van der Waals surface area contributed by atoms with Gasteiger partial charge in [0.25, 0.3) is 0 Å². The van der Waals surface area contributed by atoms with E-state index in [2.05, 4.69) is 0 Å². The smallest absolute Gasteiger partial charge is 0.310 e. The molecule has 0 unspecified atom stereocenters. The Morgan fingerprint density at radius 1 is 1.25 bits per heavy atom. The van der Waals surface area contributed by atoms with E-state index >= 15 is 0 Å². The Morgan fingerprint density at radius 2 is 2.05 bits per heavy atom. The van der Waals surface area contributed by atoms with Crippen LogP contribution in [0.4, 0.5) is 5.69 Å². The van der Waals surface area contributed by atoms with E-state index in [-0.39, 0.29) is 23.8 Å². The van der Waals surface area contributed by atoms with Crippen LogP contribution in [-0.4, -0.2) is 17.3 Å². The molecule has 0 radical (unpaired) electrons. The van der Waals surface area contributed by atoms with Crippen molar-refractivity contribution < 1.29 is 14.5 Å². The molecule has 0 bridgehead atoms. The van der Waals surface area contributed by atoms with Gasteiger partial charge in [-0.05, 0) is 23.9 Å². The maximum Gasteiger partial charge on any atom is 0.310 e. The van der Waals surface area contributed by atoms with Crippen molar-refractivity contribution in [3.8, 4) is 5.75 Å². The van der Waals surface area contributed by atoms with Crippen molar-refractivity contribution in [3.05, 3.63) is 56.8 Å². The van der Waals surface area contributed by atoms with E-state index in [0.29, 0.717) is 12.8 Å². The summed E-state index contributed by atoms with van der Waals surface area (Å²) in [6.45, 7) is 0.280. The molecule has 0 aliphatic rings. The molecule has 1 aromatic heterocycles. The summed E-state index contributed by atoms with van der Waals surface area (Å²) in [5, 5.41) is 12.6. The number of thiophene rings is 1. The third kappa shape index (κ3) is 3.64. The molecule has 6 heteroatoms. The minimum Gasteiger partial charge on any atom is -0.487 e. The van der Waals surface area contributed by atoms with Gasteiger partial charge >= 0.3 is 5.69 Å². The summed E-state index contributed by atoms with van der Waals surface area (Å²) < 4.78 is 5.38. The Balaban J connectivity index is 1.82. The molecule has 0 N–H and O–H groups in total. The summed E-state index contributed by atoms with van der Waals surface area (Å²) in [7, 11) is 0. The lowest BCUT2D eigenvalue weighted by Gasteiger charge is -2.05. The molecule has 0 aliphatic carbocycles. The van der Waals surface area contributed by atoms with E-state index in [0.717, 1.165) is 4.88 Å². The van der Waals surface area contributed by atoms with Gasteiger partial charge in [-0.3, -0.25) is 14.9 Å². The fourth-order valence-corrected chi connectivity index (χ4v) is 2.40. The minimum absolute atomic E-state index is 0.0583. The highest BCUT2D eigenvalue weighted by atomic mass is 32.1. The molecule has 104 valence electrons. The number of hydrogen-bond acceptors (Lipinski definition) is 5. The number of rotatable bonds is 7. The van der Waals surface area contributed by atoms with E-state index in [1.807, 2.05) is 11.4 Å². The molecular formula is C14H13NO4S. The summed E-state index contributed by atoms with van der Waals surface area (Å²) in [6.07, 6.45) is 0.907. The SMILES string of the molecule is O=C(CCCOc1ccccc1[N+](=O)[O-])c1cccs1. The van der Waals surface area contributed by atoms with Crippen LogP contribution in [0.25, 0.3) is 0 Å². The average Bonchev–Trinajstić information content (AvgIpc) is 2.98. The second-order valence-corrected chi connectivity index (χ2v) is 5.03. The lowest BCUT2D eigenvalue weighted by atomic mass is 10.2. The number of hydrogen-bond donors (Lipinski definition) is 0. The molecule has 0 fully saturated rings. The standard InChI is InChI=1S/C14H13NO4S/c16-12(14-8-4-10-20-14)6-3-9-19-13-7-2-1-5-11(13)15(17)18/h1-2,4-5,7-8,10H,3,6,9H2. The zero-order valence-corrected chi connectivity index (χ0v) is 11.5. The molecule has 2 rings (SSSR count). The van der Waals surface area contributed by atoms with E-state index in [4.69, 9.17) is 4.74 Å². The number of carbonyl (C=O) groups excluding carboxylic acids is 1. The second kappa shape index (κ2) is 6.81. The number of nitrogens with zero attached hydrogens (tertiary/aromatic N) is 1. The molecule has 2 aromatic rings. The van der Waals surface area contributed by atoms with Gasteiger partial charge in [-0.15, -0.1) is 11.3 Å². The number of carbonyl (C=O) groups is 1. The molecule has 0 atom stereocenters. The van der Waals surface area contributed by atoms with Crippen molar-refractivity contribution in [1.29, 1.82) is 0 Å². The first-order valence-electron chi connectivity index (χ1n) is 6.11. The third-order valence-electron chi connectivity index (χ3n) is 2.66. The first kappa shape index (κ1) is 14.2.